The van der Waals surface area contributed by atoms with Gasteiger partial charge in [-0.3, -0.25) is 14.9 Å². The van der Waals surface area contributed by atoms with Crippen molar-refractivity contribution in [3.63, 3.8) is 0 Å². The molecule has 0 radical (unpaired) electrons. The van der Waals surface area contributed by atoms with Crippen LogP contribution in [0.15, 0.2) is 48.9 Å². The number of pyridine rings is 1. The van der Waals surface area contributed by atoms with Gasteiger partial charge in [0.05, 0.1) is 5.69 Å². The van der Waals surface area contributed by atoms with Gasteiger partial charge in [-0.05, 0) is 49.6 Å². The van der Waals surface area contributed by atoms with Crippen LogP contribution >= 0.6 is 11.3 Å². The molecule has 5 rings (SSSR count). The van der Waals surface area contributed by atoms with Crippen molar-refractivity contribution in [2.75, 3.05) is 11.9 Å². The van der Waals surface area contributed by atoms with Crippen molar-refractivity contribution in [2.24, 2.45) is 0 Å². The molecule has 1 aliphatic rings. The smallest absolute Gasteiger partial charge is 0.180 e. The van der Waals surface area contributed by atoms with E-state index in [1.807, 2.05) is 12.1 Å². The van der Waals surface area contributed by atoms with Crippen LogP contribution in [0.3, 0.4) is 0 Å². The molecule has 33 heavy (non-hydrogen) atoms. The third kappa shape index (κ3) is 4.51. The van der Waals surface area contributed by atoms with E-state index in [4.69, 9.17) is 0 Å². The molecule has 4 aromatic rings. The highest BCUT2D eigenvalue weighted by Crippen LogP contribution is 2.43. The number of thiazole rings is 1. The first kappa shape index (κ1) is 21.3. The molecular weight excluding hydrogens is 441 g/mol. The third-order valence-electron chi connectivity index (χ3n) is 6.02. The van der Waals surface area contributed by atoms with Gasteiger partial charge >= 0.3 is 0 Å². The summed E-state index contributed by atoms with van der Waals surface area (Å²) in [6.45, 7) is 0.556. The largest absolute Gasteiger partial charge is 0.368 e. The lowest BCUT2D eigenvalue weighted by Crippen LogP contribution is -2.42. The van der Waals surface area contributed by atoms with E-state index in [0.29, 0.717) is 42.3 Å². The Morgan fingerprint density at radius 3 is 2.76 bits per heavy atom. The lowest BCUT2D eigenvalue weighted by molar-refractivity contribution is 0.0978. The lowest BCUT2D eigenvalue weighted by Gasteiger charge is -2.41. The van der Waals surface area contributed by atoms with Gasteiger partial charge in [-0.2, -0.15) is 5.10 Å². The van der Waals surface area contributed by atoms with Crippen molar-refractivity contribution >= 4 is 22.9 Å². The van der Waals surface area contributed by atoms with Crippen molar-refractivity contribution in [3.8, 4) is 10.7 Å². The van der Waals surface area contributed by atoms with Gasteiger partial charge in [-0.15, -0.1) is 21.5 Å². The number of halogens is 1. The number of hydrogen-bond acceptors (Lipinski definition) is 8. The number of Topliss-reactive ketones (excluding diaryl/α,β-unsaturated/α-hetero) is 1. The minimum Gasteiger partial charge on any atom is -0.368 e. The first-order chi connectivity index (χ1) is 16.1. The molecule has 0 aromatic carbocycles. The number of hydrogen-bond donors (Lipinski definition) is 2. The first-order valence-corrected chi connectivity index (χ1v) is 11.6. The summed E-state index contributed by atoms with van der Waals surface area (Å²) in [5.74, 6) is 0.391. The summed E-state index contributed by atoms with van der Waals surface area (Å²) in [6.07, 6.45) is 8.82. The summed E-state index contributed by atoms with van der Waals surface area (Å²) in [4.78, 5) is 21.9. The fraction of sp³-hybridized carbons (Fsp3) is 0.304. The molecule has 1 fully saturated rings. The molecule has 0 amide bonds. The molecule has 0 aliphatic heterocycles. The third-order valence-corrected chi connectivity index (χ3v) is 7.10. The van der Waals surface area contributed by atoms with E-state index in [9.17, 15) is 9.18 Å². The number of nitrogens with zero attached hydrogens (tertiary/aromatic N) is 5. The number of rotatable bonds is 9. The van der Waals surface area contributed by atoms with E-state index >= 15 is 0 Å². The summed E-state index contributed by atoms with van der Waals surface area (Å²) in [5, 5.41) is 19.1. The molecule has 10 heteroatoms. The van der Waals surface area contributed by atoms with Crippen LogP contribution in [-0.2, 0) is 11.8 Å². The molecule has 4 aromatic heterocycles. The number of carbonyl (C=O) groups is 1. The van der Waals surface area contributed by atoms with Gasteiger partial charge in [-0.1, -0.05) is 6.42 Å². The molecule has 0 unspecified atom stereocenters. The van der Waals surface area contributed by atoms with Gasteiger partial charge in [0.25, 0.3) is 0 Å². The van der Waals surface area contributed by atoms with Gasteiger partial charge < -0.3 is 5.32 Å². The zero-order chi connectivity index (χ0) is 22.7. The summed E-state index contributed by atoms with van der Waals surface area (Å²) < 4.78 is 14.3. The highest BCUT2D eigenvalue weighted by atomic mass is 32.1. The average Bonchev–Trinajstić information content (AvgIpc) is 3.51. The Bertz CT molecular complexity index is 1240. The van der Waals surface area contributed by atoms with Crippen LogP contribution < -0.4 is 5.32 Å². The fourth-order valence-electron chi connectivity index (χ4n) is 4.00. The lowest BCUT2D eigenvalue weighted by atomic mass is 9.66. The molecule has 0 bridgehead atoms. The van der Waals surface area contributed by atoms with Gasteiger partial charge in [0.1, 0.15) is 28.0 Å². The number of anilines is 1. The number of carbonyl (C=O) groups excluding carboxylic acids is 1. The quantitative estimate of drug-likeness (QED) is 0.358. The Morgan fingerprint density at radius 1 is 1.15 bits per heavy atom. The second-order valence-corrected chi connectivity index (χ2v) is 9.27. The molecule has 4 heterocycles. The summed E-state index contributed by atoms with van der Waals surface area (Å²) >= 11 is 1.50. The van der Waals surface area contributed by atoms with E-state index in [1.54, 1.807) is 30.7 Å². The average molecular weight is 464 g/mol. The molecule has 0 spiro atoms. The Hall–Kier alpha value is -3.53. The highest BCUT2D eigenvalue weighted by molar-refractivity contribution is 7.15. The predicted octanol–water partition coefficient (Wildman–Crippen LogP) is 4.21. The van der Waals surface area contributed by atoms with Crippen LogP contribution in [0.5, 0.6) is 0 Å². The Balaban J connectivity index is 1.20. The number of aryl methyl sites for hydroxylation is 1. The van der Waals surface area contributed by atoms with E-state index in [1.165, 1.54) is 17.4 Å². The minimum absolute atomic E-state index is 0.0208. The second kappa shape index (κ2) is 9.14. The fourth-order valence-corrected chi connectivity index (χ4v) is 4.88. The normalized spacial score (nSPS) is 14.6. The Morgan fingerprint density at radius 2 is 2.06 bits per heavy atom. The summed E-state index contributed by atoms with van der Waals surface area (Å²) in [7, 11) is 0. The monoisotopic (exact) mass is 463 g/mol. The highest BCUT2D eigenvalue weighted by Gasteiger charge is 2.41. The second-order valence-electron chi connectivity index (χ2n) is 8.15. The molecular formula is C23H22FN7OS. The van der Waals surface area contributed by atoms with Crippen molar-refractivity contribution in [1.82, 2.24) is 30.4 Å². The standard InChI is InChI=1S/C23H22FN7OS/c24-16-3-1-11-25-21(16)23(9-2-10-23)14-27-20-7-5-18(30-31-20)22-26-13-15(33-22)4-6-19(32)17-8-12-28-29-17/h1,3,5,7-8,11-13H,2,4,6,9-10,14H2,(H,27,31)(H,28,29). The zero-order valence-corrected chi connectivity index (χ0v) is 18.6. The van der Waals surface area contributed by atoms with E-state index in [0.717, 1.165) is 29.1 Å². The Kier molecular flexibility index (Phi) is 5.91. The van der Waals surface area contributed by atoms with E-state index < -0.39 is 0 Å². The molecule has 0 saturated heterocycles. The minimum atomic E-state index is -0.302. The number of nitrogens with one attached hydrogen (secondary N) is 2. The maximum atomic E-state index is 14.3. The van der Waals surface area contributed by atoms with Crippen LogP contribution in [0.1, 0.15) is 46.7 Å². The van der Waals surface area contributed by atoms with Crippen LogP contribution in [0.25, 0.3) is 10.7 Å². The van der Waals surface area contributed by atoms with E-state index in [-0.39, 0.29) is 17.0 Å². The van der Waals surface area contributed by atoms with Gasteiger partial charge in [0.15, 0.2) is 5.78 Å². The van der Waals surface area contributed by atoms with Gasteiger partial charge in [-0.25, -0.2) is 9.37 Å². The van der Waals surface area contributed by atoms with Crippen LogP contribution in [0, 0.1) is 5.82 Å². The zero-order valence-electron chi connectivity index (χ0n) is 17.8. The summed E-state index contributed by atoms with van der Waals surface area (Å²) in [6, 6.07) is 8.47. The van der Waals surface area contributed by atoms with Gasteiger partial charge in [0, 0.05) is 41.8 Å². The molecule has 1 saturated carbocycles. The van der Waals surface area contributed by atoms with Crippen LogP contribution in [0.2, 0.25) is 0 Å². The number of aromatic nitrogens is 6. The molecule has 1 aliphatic carbocycles. The van der Waals surface area contributed by atoms with Crippen LogP contribution in [0.4, 0.5) is 10.2 Å². The summed E-state index contributed by atoms with van der Waals surface area (Å²) in [5.41, 5.74) is 1.41. The maximum Gasteiger partial charge on any atom is 0.180 e. The number of ketones is 1. The van der Waals surface area contributed by atoms with Crippen molar-refractivity contribution < 1.29 is 9.18 Å². The first-order valence-electron chi connectivity index (χ1n) is 10.8. The van der Waals surface area contributed by atoms with Crippen molar-refractivity contribution in [3.05, 3.63) is 71.0 Å². The Labute approximate surface area is 193 Å². The molecule has 168 valence electrons. The number of H-pyrrole nitrogens is 1. The van der Waals surface area contributed by atoms with E-state index in [2.05, 4.69) is 35.7 Å². The molecule has 2 N–H and O–H groups in total. The van der Waals surface area contributed by atoms with Crippen molar-refractivity contribution in [1.29, 1.82) is 0 Å². The SMILES string of the molecule is O=C(CCc1cnc(-c2ccc(NCC3(c4ncccc4F)CCC3)nn2)s1)c1ccn[nH]1. The maximum absolute atomic E-state index is 14.3. The van der Waals surface area contributed by atoms with Gasteiger partial charge in [0.2, 0.25) is 0 Å². The van der Waals surface area contributed by atoms with Crippen molar-refractivity contribution in [2.45, 2.75) is 37.5 Å². The number of aromatic amines is 1. The predicted molar refractivity (Wildman–Crippen MR) is 123 cm³/mol. The van der Waals surface area contributed by atoms with Crippen LogP contribution in [-0.4, -0.2) is 42.7 Å². The molecule has 0 atom stereocenters. The molecule has 8 nitrogen and oxygen atoms in total. The topological polar surface area (TPSA) is 109 Å².